The minimum atomic E-state index is -0.928. The molecule has 0 amide bonds. The zero-order chi connectivity index (χ0) is 11.5. The fourth-order valence-corrected chi connectivity index (χ4v) is 1.63. The van der Waals surface area contributed by atoms with E-state index in [-0.39, 0.29) is 6.54 Å². The molecule has 16 heavy (non-hydrogen) atoms. The molecule has 0 spiro atoms. The molecule has 6 nitrogen and oxygen atoms in total. The summed E-state index contributed by atoms with van der Waals surface area (Å²) in [6, 6.07) is 0. The normalized spacial score (nSPS) is 14.3. The van der Waals surface area contributed by atoms with Gasteiger partial charge in [0.25, 0.3) is 0 Å². The molecule has 0 aromatic carbocycles. The van der Waals surface area contributed by atoms with E-state index < -0.39 is 5.97 Å². The van der Waals surface area contributed by atoms with E-state index in [1.165, 1.54) is 0 Å². The number of rotatable bonds is 3. The van der Waals surface area contributed by atoms with Gasteiger partial charge in [0.1, 0.15) is 6.54 Å². The Labute approximate surface area is 92.7 Å². The molecule has 1 aromatic rings. The fraction of sp³-hybridized carbons (Fsp3) is 0.500. The number of nitrogens with one attached hydrogen (secondary N) is 1. The number of ether oxygens (including phenoxy) is 1. The Morgan fingerprint density at radius 2 is 2.38 bits per heavy atom. The smallest absolute Gasteiger partial charge is 0.322 e. The molecule has 0 atom stereocenters. The number of aryl methyl sites for hydroxylation is 1. The number of fused-ring (bicyclic) bond motifs is 1. The lowest BCUT2D eigenvalue weighted by Crippen LogP contribution is -2.19. The van der Waals surface area contributed by atoms with Gasteiger partial charge in [-0.05, 0) is 6.92 Å². The molecule has 0 saturated heterocycles. The molecule has 0 radical (unpaired) electrons. The van der Waals surface area contributed by atoms with Crippen molar-refractivity contribution < 1.29 is 14.6 Å². The minimum absolute atomic E-state index is 0.172. The first kappa shape index (κ1) is 10.8. The summed E-state index contributed by atoms with van der Waals surface area (Å²) in [6.07, 6.45) is 0.750. The van der Waals surface area contributed by atoms with Gasteiger partial charge in [-0.2, -0.15) is 0 Å². The monoisotopic (exact) mass is 223 g/mol. The van der Waals surface area contributed by atoms with Gasteiger partial charge in [-0.25, -0.2) is 9.97 Å². The average Bonchev–Trinajstić information content (AvgIpc) is 2.26. The van der Waals surface area contributed by atoms with E-state index >= 15 is 0 Å². The van der Waals surface area contributed by atoms with Crippen molar-refractivity contribution in [2.24, 2.45) is 0 Å². The number of aromatic nitrogens is 2. The molecule has 2 heterocycles. The molecule has 0 aliphatic carbocycles. The van der Waals surface area contributed by atoms with Crippen LogP contribution in [0.3, 0.4) is 0 Å². The summed E-state index contributed by atoms with van der Waals surface area (Å²) in [6.45, 7) is 2.90. The van der Waals surface area contributed by atoms with E-state index in [4.69, 9.17) is 9.84 Å². The van der Waals surface area contributed by atoms with Crippen LogP contribution in [-0.4, -0.2) is 34.2 Å². The van der Waals surface area contributed by atoms with Crippen LogP contribution >= 0.6 is 0 Å². The second-order valence-corrected chi connectivity index (χ2v) is 3.61. The second-order valence-electron chi connectivity index (χ2n) is 3.61. The van der Waals surface area contributed by atoms with Gasteiger partial charge in [0.05, 0.1) is 18.9 Å². The van der Waals surface area contributed by atoms with Gasteiger partial charge in [0.2, 0.25) is 5.95 Å². The van der Waals surface area contributed by atoms with Gasteiger partial charge in [-0.1, -0.05) is 0 Å². The van der Waals surface area contributed by atoms with E-state index in [1.54, 1.807) is 0 Å². The van der Waals surface area contributed by atoms with E-state index in [0.29, 0.717) is 19.2 Å². The maximum absolute atomic E-state index is 10.4. The van der Waals surface area contributed by atoms with Crippen molar-refractivity contribution in [3.05, 3.63) is 17.0 Å². The van der Waals surface area contributed by atoms with Crippen molar-refractivity contribution in [1.82, 2.24) is 9.97 Å². The lowest BCUT2D eigenvalue weighted by Gasteiger charge is -2.18. The SMILES string of the molecule is Cc1nc(NCC(=O)O)nc2c1COCC2. The summed E-state index contributed by atoms with van der Waals surface area (Å²) >= 11 is 0. The molecule has 0 saturated carbocycles. The summed E-state index contributed by atoms with van der Waals surface area (Å²) in [4.78, 5) is 18.9. The van der Waals surface area contributed by atoms with Crippen LogP contribution in [0.15, 0.2) is 0 Å². The number of anilines is 1. The number of aliphatic carboxylic acids is 1. The first-order valence-corrected chi connectivity index (χ1v) is 5.06. The van der Waals surface area contributed by atoms with Crippen molar-refractivity contribution in [3.63, 3.8) is 0 Å². The summed E-state index contributed by atoms with van der Waals surface area (Å²) < 4.78 is 5.32. The molecule has 2 N–H and O–H groups in total. The van der Waals surface area contributed by atoms with Gasteiger partial charge in [-0.15, -0.1) is 0 Å². The lowest BCUT2D eigenvalue weighted by molar-refractivity contribution is -0.134. The van der Waals surface area contributed by atoms with Crippen LogP contribution in [0.1, 0.15) is 17.0 Å². The topological polar surface area (TPSA) is 84.3 Å². The predicted octanol–water partition coefficient (Wildman–Crippen LogP) is 0.354. The first-order valence-electron chi connectivity index (χ1n) is 5.06. The Morgan fingerprint density at radius 1 is 1.56 bits per heavy atom. The van der Waals surface area contributed by atoms with E-state index in [2.05, 4.69) is 15.3 Å². The largest absolute Gasteiger partial charge is 0.480 e. The highest BCUT2D eigenvalue weighted by molar-refractivity contribution is 5.71. The molecular formula is C10H13N3O3. The van der Waals surface area contributed by atoms with Crippen LogP contribution in [0, 0.1) is 6.92 Å². The van der Waals surface area contributed by atoms with E-state index in [9.17, 15) is 4.79 Å². The summed E-state index contributed by atoms with van der Waals surface area (Å²) in [5, 5.41) is 11.2. The third-order valence-electron chi connectivity index (χ3n) is 2.43. The molecular weight excluding hydrogens is 210 g/mol. The summed E-state index contributed by atoms with van der Waals surface area (Å²) in [7, 11) is 0. The molecule has 0 bridgehead atoms. The highest BCUT2D eigenvalue weighted by Crippen LogP contribution is 2.18. The molecule has 1 aliphatic heterocycles. The maximum atomic E-state index is 10.4. The molecule has 86 valence electrons. The van der Waals surface area contributed by atoms with Gasteiger partial charge < -0.3 is 15.2 Å². The van der Waals surface area contributed by atoms with Crippen molar-refractivity contribution in [3.8, 4) is 0 Å². The highest BCUT2D eigenvalue weighted by Gasteiger charge is 2.15. The Bertz CT molecular complexity index is 420. The van der Waals surface area contributed by atoms with Crippen LogP contribution in [0.25, 0.3) is 0 Å². The molecule has 0 fully saturated rings. The fourth-order valence-electron chi connectivity index (χ4n) is 1.63. The van der Waals surface area contributed by atoms with Crippen molar-refractivity contribution in [2.75, 3.05) is 18.5 Å². The van der Waals surface area contributed by atoms with Gasteiger partial charge in [-0.3, -0.25) is 4.79 Å². The van der Waals surface area contributed by atoms with Crippen LogP contribution in [0.5, 0.6) is 0 Å². The first-order chi connectivity index (χ1) is 7.66. The molecule has 1 aliphatic rings. The number of carboxylic acid groups (broad SMARTS) is 1. The Balaban J connectivity index is 2.21. The van der Waals surface area contributed by atoms with Crippen molar-refractivity contribution >= 4 is 11.9 Å². The van der Waals surface area contributed by atoms with Gasteiger partial charge in [0.15, 0.2) is 0 Å². The Hall–Kier alpha value is -1.69. The average molecular weight is 223 g/mol. The zero-order valence-corrected chi connectivity index (χ0v) is 8.99. The number of hydrogen-bond acceptors (Lipinski definition) is 5. The maximum Gasteiger partial charge on any atom is 0.322 e. The number of carboxylic acids is 1. The van der Waals surface area contributed by atoms with E-state index in [1.807, 2.05) is 6.92 Å². The zero-order valence-electron chi connectivity index (χ0n) is 8.99. The molecule has 0 unspecified atom stereocenters. The van der Waals surface area contributed by atoms with Crippen LogP contribution in [0.4, 0.5) is 5.95 Å². The quantitative estimate of drug-likeness (QED) is 0.769. The number of nitrogens with zero attached hydrogens (tertiary/aromatic N) is 2. The van der Waals surface area contributed by atoms with Crippen LogP contribution in [0.2, 0.25) is 0 Å². The highest BCUT2D eigenvalue weighted by atomic mass is 16.5. The third-order valence-corrected chi connectivity index (χ3v) is 2.43. The molecule has 6 heteroatoms. The number of hydrogen-bond donors (Lipinski definition) is 2. The van der Waals surface area contributed by atoms with Crippen molar-refractivity contribution in [1.29, 1.82) is 0 Å². The Morgan fingerprint density at radius 3 is 3.12 bits per heavy atom. The van der Waals surface area contributed by atoms with Gasteiger partial charge in [0, 0.05) is 17.7 Å². The lowest BCUT2D eigenvalue weighted by atomic mass is 10.1. The predicted molar refractivity (Wildman–Crippen MR) is 56.3 cm³/mol. The second kappa shape index (κ2) is 4.44. The summed E-state index contributed by atoms with van der Waals surface area (Å²) in [5.41, 5.74) is 2.82. The van der Waals surface area contributed by atoms with Gasteiger partial charge >= 0.3 is 5.97 Å². The molecule has 1 aromatic heterocycles. The minimum Gasteiger partial charge on any atom is -0.480 e. The standard InChI is InChI=1S/C10H13N3O3/c1-6-7-5-16-3-2-8(7)13-10(12-6)11-4-9(14)15/h2-5H2,1H3,(H,14,15)(H,11,12,13). The summed E-state index contributed by atoms with van der Waals surface area (Å²) in [5.74, 6) is -0.553. The van der Waals surface area contributed by atoms with Crippen LogP contribution in [-0.2, 0) is 22.6 Å². The Kier molecular flexibility index (Phi) is 3.00. The number of carbonyl (C=O) groups is 1. The third kappa shape index (κ3) is 2.27. The van der Waals surface area contributed by atoms with Crippen LogP contribution < -0.4 is 5.32 Å². The van der Waals surface area contributed by atoms with E-state index in [0.717, 1.165) is 23.4 Å². The van der Waals surface area contributed by atoms with Crippen molar-refractivity contribution in [2.45, 2.75) is 20.0 Å². The molecule has 2 rings (SSSR count).